The molecule has 0 saturated carbocycles. The van der Waals surface area contributed by atoms with E-state index in [4.69, 9.17) is 5.11 Å². The third-order valence-electron chi connectivity index (χ3n) is 5.57. The Labute approximate surface area is 155 Å². The van der Waals surface area contributed by atoms with Gasteiger partial charge in [-0.2, -0.15) is 0 Å². The summed E-state index contributed by atoms with van der Waals surface area (Å²) in [6.07, 6.45) is 3.50. The summed E-state index contributed by atoms with van der Waals surface area (Å²) in [6.45, 7) is 3.58. The lowest BCUT2D eigenvalue weighted by Gasteiger charge is -2.39. The highest BCUT2D eigenvalue weighted by Gasteiger charge is 2.48. The first-order valence-electron chi connectivity index (χ1n) is 9.56. The molecule has 2 heterocycles. The number of benzene rings is 1. The topological polar surface area (TPSA) is 72.9 Å². The molecule has 2 amide bonds. The molecule has 1 aromatic carbocycles. The SMILES string of the molecule is O=C(CN1CC[C@]2(CCCN(CCO)C2=O)C1)NCCc1ccccc1. The summed E-state index contributed by atoms with van der Waals surface area (Å²) in [5.41, 5.74) is 0.863. The van der Waals surface area contributed by atoms with Crippen LogP contribution in [0, 0.1) is 5.41 Å². The summed E-state index contributed by atoms with van der Waals surface area (Å²) >= 11 is 0. The number of hydrogen-bond donors (Lipinski definition) is 2. The van der Waals surface area contributed by atoms with Gasteiger partial charge in [-0.1, -0.05) is 30.3 Å². The highest BCUT2D eigenvalue weighted by molar-refractivity contribution is 5.84. The first-order valence-corrected chi connectivity index (χ1v) is 9.56. The minimum Gasteiger partial charge on any atom is -0.395 e. The normalized spacial score (nSPS) is 23.6. The van der Waals surface area contributed by atoms with Gasteiger partial charge < -0.3 is 15.3 Å². The summed E-state index contributed by atoms with van der Waals surface area (Å²) in [4.78, 5) is 28.9. The van der Waals surface area contributed by atoms with Crippen LogP contribution in [0.5, 0.6) is 0 Å². The molecule has 2 N–H and O–H groups in total. The lowest BCUT2D eigenvalue weighted by molar-refractivity contribution is -0.146. The van der Waals surface area contributed by atoms with Crippen LogP contribution >= 0.6 is 0 Å². The van der Waals surface area contributed by atoms with Crippen molar-refractivity contribution in [3.63, 3.8) is 0 Å². The smallest absolute Gasteiger partial charge is 0.234 e. The molecule has 2 fully saturated rings. The van der Waals surface area contributed by atoms with Gasteiger partial charge in [0.15, 0.2) is 0 Å². The van der Waals surface area contributed by atoms with Crippen molar-refractivity contribution >= 4 is 11.8 Å². The van der Waals surface area contributed by atoms with Gasteiger partial charge in [0.05, 0.1) is 18.6 Å². The zero-order chi connectivity index (χ0) is 18.4. The molecule has 142 valence electrons. The number of piperidine rings is 1. The van der Waals surface area contributed by atoms with Gasteiger partial charge in [0.25, 0.3) is 0 Å². The van der Waals surface area contributed by atoms with E-state index in [1.54, 1.807) is 4.90 Å². The second-order valence-corrected chi connectivity index (χ2v) is 7.45. The molecule has 0 radical (unpaired) electrons. The standard InChI is InChI=1S/C20H29N3O3/c24-14-13-23-11-4-8-20(19(23)26)9-12-22(16-20)15-18(25)21-10-7-17-5-2-1-3-6-17/h1-3,5-6,24H,4,7-16H2,(H,21,25)/t20-/m1/s1. The fraction of sp³-hybridized carbons (Fsp3) is 0.600. The van der Waals surface area contributed by atoms with Crippen LogP contribution in [0.4, 0.5) is 0 Å². The molecule has 1 aromatic rings. The monoisotopic (exact) mass is 359 g/mol. The highest BCUT2D eigenvalue weighted by atomic mass is 16.3. The molecule has 3 rings (SSSR count). The number of aliphatic hydroxyl groups is 1. The average molecular weight is 359 g/mol. The van der Waals surface area contributed by atoms with Crippen molar-refractivity contribution in [1.29, 1.82) is 0 Å². The van der Waals surface area contributed by atoms with Gasteiger partial charge in [-0.25, -0.2) is 0 Å². The minimum atomic E-state index is -0.349. The number of aliphatic hydroxyl groups excluding tert-OH is 1. The van der Waals surface area contributed by atoms with Crippen LogP contribution in [0.1, 0.15) is 24.8 Å². The zero-order valence-corrected chi connectivity index (χ0v) is 15.3. The van der Waals surface area contributed by atoms with Crippen LogP contribution in [0.15, 0.2) is 30.3 Å². The quantitative estimate of drug-likeness (QED) is 0.750. The lowest BCUT2D eigenvalue weighted by atomic mass is 9.78. The predicted molar refractivity (Wildman–Crippen MR) is 99.5 cm³/mol. The van der Waals surface area contributed by atoms with Crippen molar-refractivity contribution < 1.29 is 14.7 Å². The number of amides is 2. The molecule has 26 heavy (non-hydrogen) atoms. The Morgan fingerprint density at radius 2 is 2.00 bits per heavy atom. The van der Waals surface area contributed by atoms with E-state index in [1.807, 2.05) is 18.2 Å². The molecule has 1 atom stereocenters. The third kappa shape index (κ3) is 4.43. The molecule has 0 aliphatic carbocycles. The van der Waals surface area contributed by atoms with Gasteiger partial charge in [0, 0.05) is 26.2 Å². The van der Waals surface area contributed by atoms with Gasteiger partial charge in [0.2, 0.25) is 11.8 Å². The molecule has 6 nitrogen and oxygen atoms in total. The fourth-order valence-electron chi connectivity index (χ4n) is 4.21. The largest absolute Gasteiger partial charge is 0.395 e. The Kier molecular flexibility index (Phi) is 6.27. The van der Waals surface area contributed by atoms with E-state index in [9.17, 15) is 9.59 Å². The number of carbonyl (C=O) groups is 2. The van der Waals surface area contributed by atoms with Crippen molar-refractivity contribution in [2.75, 3.05) is 45.9 Å². The second kappa shape index (κ2) is 8.64. The van der Waals surface area contributed by atoms with E-state index in [0.29, 0.717) is 26.2 Å². The maximum atomic E-state index is 12.8. The van der Waals surface area contributed by atoms with Crippen LogP contribution in [0.25, 0.3) is 0 Å². The predicted octanol–water partition coefficient (Wildman–Crippen LogP) is 0.652. The Morgan fingerprint density at radius 3 is 2.77 bits per heavy atom. The van der Waals surface area contributed by atoms with Gasteiger partial charge in [-0.15, -0.1) is 0 Å². The van der Waals surface area contributed by atoms with E-state index in [0.717, 1.165) is 38.8 Å². The summed E-state index contributed by atoms with van der Waals surface area (Å²) in [6, 6.07) is 10.1. The lowest BCUT2D eigenvalue weighted by Crippen LogP contribution is -2.51. The maximum absolute atomic E-state index is 12.8. The average Bonchev–Trinajstić information content (AvgIpc) is 3.04. The van der Waals surface area contributed by atoms with E-state index >= 15 is 0 Å². The molecule has 2 aliphatic rings. The highest BCUT2D eigenvalue weighted by Crippen LogP contribution is 2.39. The van der Waals surface area contributed by atoms with Crippen LogP contribution in [-0.4, -0.2) is 72.6 Å². The molecule has 0 aromatic heterocycles. The van der Waals surface area contributed by atoms with Crippen LogP contribution < -0.4 is 5.32 Å². The Bertz CT molecular complexity index is 620. The Balaban J connectivity index is 1.45. The van der Waals surface area contributed by atoms with Crippen molar-refractivity contribution in [2.24, 2.45) is 5.41 Å². The fourth-order valence-corrected chi connectivity index (χ4v) is 4.21. The van der Waals surface area contributed by atoms with E-state index in [-0.39, 0.29) is 23.8 Å². The molecule has 6 heteroatoms. The first-order chi connectivity index (χ1) is 12.6. The molecule has 0 bridgehead atoms. The van der Waals surface area contributed by atoms with Crippen molar-refractivity contribution in [2.45, 2.75) is 25.7 Å². The van der Waals surface area contributed by atoms with E-state index < -0.39 is 0 Å². The van der Waals surface area contributed by atoms with Gasteiger partial charge in [-0.3, -0.25) is 14.5 Å². The zero-order valence-electron chi connectivity index (χ0n) is 15.3. The molecular formula is C20H29N3O3. The van der Waals surface area contributed by atoms with Crippen molar-refractivity contribution in [3.05, 3.63) is 35.9 Å². The number of hydrogen-bond acceptors (Lipinski definition) is 4. The molecule has 1 spiro atoms. The Hall–Kier alpha value is -1.92. The van der Waals surface area contributed by atoms with E-state index in [2.05, 4.69) is 22.3 Å². The summed E-state index contributed by atoms with van der Waals surface area (Å²) in [7, 11) is 0. The minimum absolute atomic E-state index is 0.00928. The van der Waals surface area contributed by atoms with E-state index in [1.165, 1.54) is 5.56 Å². The van der Waals surface area contributed by atoms with Gasteiger partial charge in [-0.05, 0) is 37.8 Å². The van der Waals surface area contributed by atoms with Gasteiger partial charge >= 0.3 is 0 Å². The number of β-amino-alcohol motifs (C(OH)–C–C–N with tert-alkyl or cyclic N) is 1. The summed E-state index contributed by atoms with van der Waals surface area (Å²) in [5, 5.41) is 12.1. The van der Waals surface area contributed by atoms with Crippen molar-refractivity contribution in [3.8, 4) is 0 Å². The Morgan fingerprint density at radius 1 is 1.19 bits per heavy atom. The maximum Gasteiger partial charge on any atom is 0.234 e. The number of carbonyl (C=O) groups excluding carboxylic acids is 2. The van der Waals surface area contributed by atoms with Crippen LogP contribution in [-0.2, 0) is 16.0 Å². The number of rotatable bonds is 7. The van der Waals surface area contributed by atoms with Crippen LogP contribution in [0.3, 0.4) is 0 Å². The molecular weight excluding hydrogens is 330 g/mol. The third-order valence-corrected chi connectivity index (χ3v) is 5.57. The second-order valence-electron chi connectivity index (χ2n) is 7.45. The van der Waals surface area contributed by atoms with Crippen LogP contribution in [0.2, 0.25) is 0 Å². The summed E-state index contributed by atoms with van der Waals surface area (Å²) < 4.78 is 0. The molecule has 2 saturated heterocycles. The number of likely N-dealkylation sites (tertiary alicyclic amines) is 2. The first kappa shape index (κ1) is 18.9. The van der Waals surface area contributed by atoms with Gasteiger partial charge in [0.1, 0.15) is 0 Å². The number of nitrogens with one attached hydrogen (secondary N) is 1. The molecule has 0 unspecified atom stereocenters. The summed E-state index contributed by atoms with van der Waals surface area (Å²) in [5.74, 6) is 0.179. The molecule has 2 aliphatic heterocycles. The van der Waals surface area contributed by atoms with Crippen molar-refractivity contribution in [1.82, 2.24) is 15.1 Å². The number of nitrogens with zero attached hydrogens (tertiary/aromatic N) is 2.